The van der Waals surface area contributed by atoms with Crippen molar-refractivity contribution in [2.24, 2.45) is 5.84 Å². The quantitative estimate of drug-likeness (QED) is 0.650. The van der Waals surface area contributed by atoms with E-state index >= 15 is 0 Å². The van der Waals surface area contributed by atoms with Gasteiger partial charge in [0.25, 0.3) is 0 Å². The van der Waals surface area contributed by atoms with Crippen LogP contribution in [0.15, 0.2) is 12.4 Å². The molecular weight excluding hydrogens is 266 g/mol. The maximum absolute atomic E-state index is 5.60. The normalized spacial score (nSPS) is 14.1. The third kappa shape index (κ3) is 2.56. The number of anilines is 2. The number of aromatic nitrogens is 4. The molecule has 0 spiro atoms. The van der Waals surface area contributed by atoms with Gasteiger partial charge >= 0.3 is 0 Å². The van der Waals surface area contributed by atoms with E-state index < -0.39 is 0 Å². The molecule has 1 aliphatic rings. The molecule has 0 saturated heterocycles. The molecule has 7 heteroatoms. The molecule has 2 aromatic rings. The summed E-state index contributed by atoms with van der Waals surface area (Å²) in [6.45, 7) is 6.72. The molecule has 0 radical (unpaired) electrons. The Morgan fingerprint density at radius 2 is 2.19 bits per heavy atom. The van der Waals surface area contributed by atoms with Crippen LogP contribution in [0.25, 0.3) is 0 Å². The average Bonchev–Trinajstić information content (AvgIpc) is 2.96. The second-order valence-corrected chi connectivity index (χ2v) is 5.29. The zero-order valence-corrected chi connectivity index (χ0v) is 12.5. The van der Waals surface area contributed by atoms with Crippen molar-refractivity contribution in [1.29, 1.82) is 0 Å². The molecule has 1 aliphatic heterocycles. The highest BCUT2D eigenvalue weighted by Gasteiger charge is 2.21. The highest BCUT2D eigenvalue weighted by Crippen LogP contribution is 2.26. The van der Waals surface area contributed by atoms with Crippen molar-refractivity contribution in [3.8, 4) is 0 Å². The molecule has 0 fully saturated rings. The first-order valence-electron chi connectivity index (χ1n) is 7.32. The number of aryl methyl sites for hydroxylation is 1. The van der Waals surface area contributed by atoms with E-state index in [-0.39, 0.29) is 0 Å². The number of imidazole rings is 1. The standard InChI is InChI=1S/C14H21N7/c1-3-4-11-17-13(19-15)10(2)14(18-11)21-8-7-20-6-5-16-12(20)9-21/h5-6H,3-4,7-9,15H2,1-2H3,(H,17,18,19). The first-order chi connectivity index (χ1) is 10.2. The summed E-state index contributed by atoms with van der Waals surface area (Å²) < 4.78 is 2.18. The van der Waals surface area contributed by atoms with Crippen molar-refractivity contribution >= 4 is 11.6 Å². The van der Waals surface area contributed by atoms with Crippen LogP contribution in [-0.2, 0) is 19.5 Å². The molecule has 7 nitrogen and oxygen atoms in total. The van der Waals surface area contributed by atoms with E-state index in [9.17, 15) is 0 Å². The van der Waals surface area contributed by atoms with Crippen LogP contribution in [0.5, 0.6) is 0 Å². The Morgan fingerprint density at radius 1 is 1.33 bits per heavy atom. The van der Waals surface area contributed by atoms with Crippen LogP contribution >= 0.6 is 0 Å². The van der Waals surface area contributed by atoms with Gasteiger partial charge in [-0.2, -0.15) is 0 Å². The van der Waals surface area contributed by atoms with Crippen molar-refractivity contribution in [3.63, 3.8) is 0 Å². The first-order valence-corrected chi connectivity index (χ1v) is 7.32. The van der Waals surface area contributed by atoms with Crippen LogP contribution < -0.4 is 16.2 Å². The average molecular weight is 287 g/mol. The lowest BCUT2D eigenvalue weighted by Gasteiger charge is -2.30. The van der Waals surface area contributed by atoms with Crippen LogP contribution in [0.2, 0.25) is 0 Å². The minimum absolute atomic E-state index is 0.706. The Labute approximate surface area is 124 Å². The predicted octanol–water partition coefficient (Wildman–Crippen LogP) is 1.24. The minimum atomic E-state index is 0.706. The van der Waals surface area contributed by atoms with Gasteiger partial charge in [0.2, 0.25) is 0 Å². The maximum Gasteiger partial charge on any atom is 0.148 e. The molecule has 0 saturated carbocycles. The van der Waals surface area contributed by atoms with Crippen LogP contribution in [0.1, 0.15) is 30.6 Å². The smallest absolute Gasteiger partial charge is 0.148 e. The Hall–Kier alpha value is -2.15. The van der Waals surface area contributed by atoms with E-state index in [1.54, 1.807) is 0 Å². The molecule has 3 rings (SSSR count). The summed E-state index contributed by atoms with van der Waals surface area (Å²) >= 11 is 0. The number of hydrogen-bond donors (Lipinski definition) is 2. The van der Waals surface area contributed by atoms with Gasteiger partial charge in [0.05, 0.1) is 6.54 Å². The second kappa shape index (κ2) is 5.69. The lowest BCUT2D eigenvalue weighted by Crippen LogP contribution is -2.35. The van der Waals surface area contributed by atoms with Crippen LogP contribution in [0, 0.1) is 6.92 Å². The van der Waals surface area contributed by atoms with Crippen LogP contribution in [0.3, 0.4) is 0 Å². The van der Waals surface area contributed by atoms with Gasteiger partial charge in [-0.3, -0.25) is 0 Å². The Balaban J connectivity index is 1.96. The summed E-state index contributed by atoms with van der Waals surface area (Å²) in [5.41, 5.74) is 3.67. The fourth-order valence-corrected chi connectivity index (χ4v) is 2.69. The molecule has 112 valence electrons. The third-order valence-corrected chi connectivity index (χ3v) is 3.82. The molecule has 0 bridgehead atoms. The van der Waals surface area contributed by atoms with E-state index in [1.807, 2.05) is 19.3 Å². The Kier molecular flexibility index (Phi) is 3.74. The summed E-state index contributed by atoms with van der Waals surface area (Å²) in [5, 5.41) is 0. The first kappa shape index (κ1) is 13.8. The molecule has 0 aromatic carbocycles. The lowest BCUT2D eigenvalue weighted by atomic mass is 10.2. The number of nitrogens with one attached hydrogen (secondary N) is 1. The Bertz CT molecular complexity index is 634. The molecule has 0 amide bonds. The summed E-state index contributed by atoms with van der Waals surface area (Å²) in [5.74, 6) is 9.16. The largest absolute Gasteiger partial charge is 0.347 e. The summed E-state index contributed by atoms with van der Waals surface area (Å²) in [7, 11) is 0. The summed E-state index contributed by atoms with van der Waals surface area (Å²) in [6, 6.07) is 0. The molecule has 0 unspecified atom stereocenters. The van der Waals surface area contributed by atoms with Gasteiger partial charge < -0.3 is 14.9 Å². The van der Waals surface area contributed by atoms with E-state index in [0.29, 0.717) is 5.82 Å². The number of nitrogen functional groups attached to an aromatic ring is 1. The fourth-order valence-electron chi connectivity index (χ4n) is 2.69. The molecule has 3 N–H and O–H groups in total. The van der Waals surface area contributed by atoms with E-state index in [1.165, 1.54) is 0 Å². The molecule has 3 heterocycles. The zero-order chi connectivity index (χ0) is 14.8. The predicted molar refractivity (Wildman–Crippen MR) is 81.9 cm³/mol. The van der Waals surface area contributed by atoms with Crippen LogP contribution in [0.4, 0.5) is 11.6 Å². The van der Waals surface area contributed by atoms with Crippen molar-refractivity contribution in [2.45, 2.75) is 39.8 Å². The SMILES string of the molecule is CCCc1nc(NN)c(C)c(N2CCn3ccnc3C2)n1. The van der Waals surface area contributed by atoms with Crippen molar-refractivity contribution in [2.75, 3.05) is 16.9 Å². The maximum atomic E-state index is 5.60. The highest BCUT2D eigenvalue weighted by atomic mass is 15.3. The Morgan fingerprint density at radius 3 is 2.95 bits per heavy atom. The molecule has 0 aliphatic carbocycles. The topological polar surface area (TPSA) is 84.9 Å². The number of nitrogens with zero attached hydrogens (tertiary/aromatic N) is 5. The molecule has 2 aromatic heterocycles. The number of fused-ring (bicyclic) bond motifs is 1. The highest BCUT2D eigenvalue weighted by molar-refractivity contribution is 5.58. The van der Waals surface area contributed by atoms with Gasteiger partial charge in [0, 0.05) is 37.5 Å². The van der Waals surface area contributed by atoms with Gasteiger partial charge in [0.1, 0.15) is 23.3 Å². The van der Waals surface area contributed by atoms with Gasteiger partial charge in [-0.25, -0.2) is 20.8 Å². The number of hydrogen-bond acceptors (Lipinski definition) is 6. The van der Waals surface area contributed by atoms with Gasteiger partial charge in [-0.1, -0.05) is 6.92 Å². The molecule has 0 atom stereocenters. The summed E-state index contributed by atoms with van der Waals surface area (Å²) in [6.07, 6.45) is 5.73. The van der Waals surface area contributed by atoms with Crippen LogP contribution in [-0.4, -0.2) is 26.1 Å². The molecular formula is C14H21N7. The fraction of sp³-hybridized carbons (Fsp3) is 0.500. The minimum Gasteiger partial charge on any atom is -0.347 e. The number of nitrogens with two attached hydrogens (primary N) is 1. The van der Waals surface area contributed by atoms with Crippen molar-refractivity contribution in [3.05, 3.63) is 29.6 Å². The molecule has 21 heavy (non-hydrogen) atoms. The third-order valence-electron chi connectivity index (χ3n) is 3.82. The van der Waals surface area contributed by atoms with E-state index in [4.69, 9.17) is 10.8 Å². The van der Waals surface area contributed by atoms with Gasteiger partial charge in [-0.15, -0.1) is 0 Å². The lowest BCUT2D eigenvalue weighted by molar-refractivity contribution is 0.554. The zero-order valence-electron chi connectivity index (χ0n) is 12.5. The monoisotopic (exact) mass is 287 g/mol. The second-order valence-electron chi connectivity index (χ2n) is 5.29. The van der Waals surface area contributed by atoms with Gasteiger partial charge in [0.15, 0.2) is 0 Å². The number of hydrazine groups is 1. The van der Waals surface area contributed by atoms with Gasteiger partial charge in [-0.05, 0) is 13.3 Å². The van der Waals surface area contributed by atoms with Crippen molar-refractivity contribution < 1.29 is 0 Å². The van der Waals surface area contributed by atoms with E-state index in [2.05, 4.69) is 31.8 Å². The van der Waals surface area contributed by atoms with E-state index in [0.717, 1.165) is 55.5 Å². The number of rotatable bonds is 4. The summed E-state index contributed by atoms with van der Waals surface area (Å²) in [4.78, 5) is 15.9. The van der Waals surface area contributed by atoms with Crippen molar-refractivity contribution in [1.82, 2.24) is 19.5 Å².